The molecule has 0 radical (unpaired) electrons. The van der Waals surface area contributed by atoms with Gasteiger partial charge in [-0.15, -0.1) is 0 Å². The number of ether oxygens (including phenoxy) is 2. The van der Waals surface area contributed by atoms with Crippen molar-refractivity contribution in [1.29, 1.82) is 0 Å². The van der Waals surface area contributed by atoms with Gasteiger partial charge in [0.25, 0.3) is 0 Å². The van der Waals surface area contributed by atoms with Crippen molar-refractivity contribution in [3.8, 4) is 0 Å². The van der Waals surface area contributed by atoms with Gasteiger partial charge in [0.15, 0.2) is 24.4 Å². The van der Waals surface area contributed by atoms with E-state index in [-0.39, 0.29) is 17.8 Å². The summed E-state index contributed by atoms with van der Waals surface area (Å²) in [5, 5.41) is 12.9. The lowest BCUT2D eigenvalue weighted by Crippen LogP contribution is -2.68. The highest BCUT2D eigenvalue weighted by Crippen LogP contribution is 2.57. The molecular weight excluding hydrogens is 433 g/mol. The molecule has 3 aromatic rings. The molecule has 3 N–H and O–H groups in total. The normalized spacial score (nSPS) is 29.9. The minimum atomic E-state index is -1.54. The number of alkyl halides is 1. The van der Waals surface area contributed by atoms with Gasteiger partial charge in [-0.25, -0.2) is 19.2 Å². The SMILES string of the molecule is Cc1cc2nc(C=O)cn2c(Nc2cc(C3OCC(OC(=O)NC45CC(C4)C5)C3F)[nH]n2)n1. The highest BCUT2D eigenvalue weighted by Gasteiger charge is 2.58. The van der Waals surface area contributed by atoms with Crippen LogP contribution in [-0.4, -0.2) is 61.4 Å². The number of halogens is 1. The van der Waals surface area contributed by atoms with Crippen LogP contribution in [-0.2, 0) is 9.47 Å². The van der Waals surface area contributed by atoms with Crippen LogP contribution in [0.25, 0.3) is 5.65 Å². The van der Waals surface area contributed by atoms with Gasteiger partial charge in [-0.3, -0.25) is 14.3 Å². The number of fused-ring (bicyclic) bond motifs is 1. The predicted octanol–water partition coefficient (Wildman–Crippen LogP) is 2.37. The van der Waals surface area contributed by atoms with Crippen LogP contribution in [0.3, 0.4) is 0 Å². The van der Waals surface area contributed by atoms with E-state index in [1.165, 1.54) is 0 Å². The third-order valence-corrected chi connectivity index (χ3v) is 6.61. The molecule has 4 heterocycles. The Morgan fingerprint density at radius 3 is 2.91 bits per heavy atom. The van der Waals surface area contributed by atoms with E-state index in [2.05, 4.69) is 30.8 Å². The van der Waals surface area contributed by atoms with Crippen LogP contribution in [0.15, 0.2) is 18.3 Å². The number of anilines is 2. The molecule has 12 heteroatoms. The standard InChI is InChI=1S/C21H22FN7O4/c1-10-2-16-24-12(8-30)7-29(16)19(23-10)25-15-3-13(27-28-15)18-17(22)14(9-32-18)33-20(31)26-21-4-11(5-21)6-21/h2-3,7-8,11,14,17-18H,4-6,9H2,1H3,(H,26,31)(H2,23,25,27,28). The third-order valence-electron chi connectivity index (χ3n) is 6.61. The van der Waals surface area contributed by atoms with Gasteiger partial charge in [0.2, 0.25) is 5.95 Å². The van der Waals surface area contributed by atoms with E-state index in [1.807, 2.05) is 0 Å². The number of aromatic nitrogens is 5. The molecule has 3 aromatic heterocycles. The van der Waals surface area contributed by atoms with E-state index < -0.39 is 24.5 Å². The lowest BCUT2D eigenvalue weighted by atomic mass is 9.50. The number of alkyl carbamates (subject to hydrolysis) is 1. The number of hydrogen-bond donors (Lipinski definition) is 3. The first-order valence-corrected chi connectivity index (χ1v) is 10.8. The van der Waals surface area contributed by atoms with Crippen molar-refractivity contribution in [2.75, 3.05) is 11.9 Å². The summed E-state index contributed by atoms with van der Waals surface area (Å²) in [5.41, 5.74) is 1.80. The maximum atomic E-state index is 15.0. The van der Waals surface area contributed by atoms with Gasteiger partial charge in [-0.1, -0.05) is 0 Å². The smallest absolute Gasteiger partial charge is 0.408 e. The molecule has 4 fully saturated rings. The number of rotatable bonds is 6. The monoisotopic (exact) mass is 455 g/mol. The molecule has 4 aliphatic rings. The second-order valence-electron chi connectivity index (χ2n) is 9.09. The molecule has 3 aliphatic carbocycles. The van der Waals surface area contributed by atoms with E-state index in [1.54, 1.807) is 29.7 Å². The predicted molar refractivity (Wildman–Crippen MR) is 112 cm³/mol. The largest absolute Gasteiger partial charge is 0.441 e. The highest BCUT2D eigenvalue weighted by molar-refractivity contribution is 5.74. The summed E-state index contributed by atoms with van der Waals surface area (Å²) in [7, 11) is 0. The van der Waals surface area contributed by atoms with Crippen molar-refractivity contribution in [3.63, 3.8) is 0 Å². The van der Waals surface area contributed by atoms with E-state index in [0.717, 1.165) is 19.3 Å². The van der Waals surface area contributed by atoms with Gasteiger partial charge in [-0.2, -0.15) is 5.10 Å². The number of nitrogens with one attached hydrogen (secondary N) is 3. The van der Waals surface area contributed by atoms with Crippen molar-refractivity contribution in [1.82, 2.24) is 29.9 Å². The second kappa shape index (κ2) is 7.24. The lowest BCUT2D eigenvalue weighted by molar-refractivity contribution is -0.0528. The zero-order chi connectivity index (χ0) is 22.7. The number of nitrogens with zero attached hydrogens (tertiary/aromatic N) is 4. The summed E-state index contributed by atoms with van der Waals surface area (Å²) in [6, 6.07) is 3.35. The van der Waals surface area contributed by atoms with Gasteiger partial charge >= 0.3 is 6.09 Å². The molecule has 2 bridgehead atoms. The number of aromatic amines is 1. The minimum absolute atomic E-state index is 0.0414. The van der Waals surface area contributed by atoms with Crippen molar-refractivity contribution < 1.29 is 23.5 Å². The summed E-state index contributed by atoms with van der Waals surface area (Å²) >= 11 is 0. The average Bonchev–Trinajstić information content (AvgIpc) is 3.43. The Kier molecular flexibility index (Phi) is 4.41. The van der Waals surface area contributed by atoms with E-state index in [4.69, 9.17) is 9.47 Å². The molecule has 0 spiro atoms. The molecule has 3 atom stereocenters. The Balaban J connectivity index is 1.13. The number of imidazole rings is 1. The number of hydrogen-bond acceptors (Lipinski definition) is 8. The van der Waals surface area contributed by atoms with Gasteiger partial charge < -0.3 is 20.1 Å². The summed E-state index contributed by atoms with van der Waals surface area (Å²) in [6.07, 6.45) is 1.08. The number of H-pyrrole nitrogens is 1. The Morgan fingerprint density at radius 1 is 1.36 bits per heavy atom. The number of carbonyl (C=O) groups is 2. The molecule has 11 nitrogen and oxygen atoms in total. The zero-order valence-electron chi connectivity index (χ0n) is 17.7. The van der Waals surface area contributed by atoms with Crippen molar-refractivity contribution >= 4 is 29.8 Å². The fraction of sp³-hybridized carbons (Fsp3) is 0.476. The number of aldehydes is 1. The molecule has 1 aliphatic heterocycles. The molecule has 0 aromatic carbocycles. The highest BCUT2D eigenvalue weighted by atomic mass is 19.1. The average molecular weight is 455 g/mol. The number of carbonyl (C=O) groups excluding carboxylic acids is 2. The van der Waals surface area contributed by atoms with Crippen LogP contribution >= 0.6 is 0 Å². The van der Waals surface area contributed by atoms with Gasteiger partial charge in [0.05, 0.1) is 12.3 Å². The maximum Gasteiger partial charge on any atom is 0.408 e. The Hall–Kier alpha value is -3.54. The van der Waals surface area contributed by atoms with Crippen LogP contribution < -0.4 is 10.6 Å². The van der Waals surface area contributed by atoms with Gasteiger partial charge in [-0.05, 0) is 32.1 Å². The topological polar surface area (TPSA) is 136 Å². The molecular formula is C21H22FN7O4. The van der Waals surface area contributed by atoms with E-state index >= 15 is 4.39 Å². The molecule has 7 rings (SSSR count). The molecule has 1 amide bonds. The molecule has 3 saturated carbocycles. The van der Waals surface area contributed by atoms with Crippen molar-refractivity contribution in [2.45, 2.75) is 50.1 Å². The van der Waals surface area contributed by atoms with Crippen LogP contribution in [0, 0.1) is 12.8 Å². The second-order valence-corrected chi connectivity index (χ2v) is 9.09. The van der Waals surface area contributed by atoms with Gasteiger partial charge in [0.1, 0.15) is 17.4 Å². The number of aryl methyl sites for hydroxylation is 1. The van der Waals surface area contributed by atoms with E-state index in [9.17, 15) is 9.59 Å². The first-order valence-electron chi connectivity index (χ1n) is 10.8. The van der Waals surface area contributed by atoms with Gasteiger partial charge in [0, 0.05) is 29.6 Å². The molecule has 1 saturated heterocycles. The van der Waals surface area contributed by atoms with E-state index in [0.29, 0.717) is 41.0 Å². The summed E-state index contributed by atoms with van der Waals surface area (Å²) < 4.78 is 27.5. The first-order chi connectivity index (χ1) is 15.9. The first kappa shape index (κ1) is 20.1. The fourth-order valence-corrected chi connectivity index (χ4v) is 4.88. The Bertz CT molecular complexity index is 1240. The summed E-state index contributed by atoms with van der Waals surface area (Å²) in [6.45, 7) is 1.76. The molecule has 3 unspecified atom stereocenters. The fourth-order valence-electron chi connectivity index (χ4n) is 4.88. The van der Waals surface area contributed by atoms with Crippen molar-refractivity contribution in [3.05, 3.63) is 35.4 Å². The van der Waals surface area contributed by atoms with Crippen LogP contribution in [0.5, 0.6) is 0 Å². The van der Waals surface area contributed by atoms with Crippen molar-refractivity contribution in [2.24, 2.45) is 5.92 Å². The minimum Gasteiger partial charge on any atom is -0.441 e. The Morgan fingerprint density at radius 2 is 2.18 bits per heavy atom. The lowest BCUT2D eigenvalue weighted by Gasteiger charge is -2.61. The van der Waals surface area contributed by atoms with Crippen LogP contribution in [0.2, 0.25) is 0 Å². The third kappa shape index (κ3) is 3.41. The molecule has 172 valence electrons. The summed E-state index contributed by atoms with van der Waals surface area (Å²) in [4.78, 5) is 31.9. The van der Waals surface area contributed by atoms with Crippen LogP contribution in [0.4, 0.5) is 21.0 Å². The quantitative estimate of drug-likeness (QED) is 0.482. The van der Waals surface area contributed by atoms with Crippen LogP contribution in [0.1, 0.15) is 47.2 Å². The Labute approximate surface area is 187 Å². The number of amides is 1. The maximum absolute atomic E-state index is 15.0. The summed E-state index contributed by atoms with van der Waals surface area (Å²) in [5.74, 6) is 1.50. The zero-order valence-corrected chi connectivity index (χ0v) is 17.7. The molecule has 33 heavy (non-hydrogen) atoms.